The molecule has 0 aliphatic carbocycles. The Bertz CT molecular complexity index is 501. The van der Waals surface area contributed by atoms with Crippen LogP contribution < -0.4 is 0 Å². The molecular weight excluding hydrogens is 306 g/mol. The van der Waals surface area contributed by atoms with Crippen LogP contribution in [-0.4, -0.2) is 37.5 Å². The molecule has 0 spiro atoms. The number of sulfonamides is 1. The van der Waals surface area contributed by atoms with Crippen LogP contribution in [0.5, 0.6) is 0 Å². The van der Waals surface area contributed by atoms with Crippen LogP contribution in [-0.2, 0) is 10.0 Å². The number of aryl methyl sites for hydroxylation is 1. The van der Waals surface area contributed by atoms with E-state index in [2.05, 4.69) is 15.9 Å². The lowest BCUT2D eigenvalue weighted by Crippen LogP contribution is -2.37. The normalized spacial score (nSPS) is 14.0. The predicted molar refractivity (Wildman–Crippen MR) is 70.4 cm³/mol. The molecule has 1 atom stereocenters. The van der Waals surface area contributed by atoms with Crippen molar-refractivity contribution in [3.63, 3.8) is 0 Å². The van der Waals surface area contributed by atoms with E-state index in [4.69, 9.17) is 5.11 Å². The number of aliphatic hydroxyl groups excluding tert-OH is 1. The van der Waals surface area contributed by atoms with Crippen molar-refractivity contribution in [1.29, 1.82) is 0 Å². The Morgan fingerprint density at radius 1 is 1.47 bits per heavy atom. The average molecular weight is 322 g/mol. The molecule has 6 heteroatoms. The first-order valence-corrected chi connectivity index (χ1v) is 7.39. The minimum atomic E-state index is -3.58. The lowest BCUT2D eigenvalue weighted by Gasteiger charge is -2.23. The SMILES string of the molecule is Cc1cccc(S(=O)(=O)N(C)[C@H](C)CO)c1Br. The second-order valence-electron chi connectivity index (χ2n) is 3.94. The smallest absolute Gasteiger partial charge is 0.244 e. The van der Waals surface area contributed by atoms with Gasteiger partial charge in [-0.1, -0.05) is 12.1 Å². The summed E-state index contributed by atoms with van der Waals surface area (Å²) in [5.74, 6) is 0. The number of aliphatic hydroxyl groups is 1. The molecular formula is C11H16BrNO3S. The van der Waals surface area contributed by atoms with Gasteiger partial charge in [-0.05, 0) is 41.4 Å². The van der Waals surface area contributed by atoms with E-state index in [1.807, 2.05) is 13.0 Å². The maximum Gasteiger partial charge on any atom is 0.244 e. The Morgan fingerprint density at radius 3 is 2.59 bits per heavy atom. The summed E-state index contributed by atoms with van der Waals surface area (Å²) in [4.78, 5) is 0.222. The average Bonchev–Trinajstić information content (AvgIpc) is 2.30. The molecule has 0 fully saturated rings. The van der Waals surface area contributed by atoms with Gasteiger partial charge in [0, 0.05) is 17.6 Å². The minimum Gasteiger partial charge on any atom is -0.395 e. The number of benzene rings is 1. The highest BCUT2D eigenvalue weighted by molar-refractivity contribution is 9.10. The van der Waals surface area contributed by atoms with Crippen molar-refractivity contribution in [2.24, 2.45) is 0 Å². The molecule has 0 amide bonds. The molecule has 1 aromatic rings. The topological polar surface area (TPSA) is 57.6 Å². The van der Waals surface area contributed by atoms with Gasteiger partial charge in [0.2, 0.25) is 10.0 Å². The zero-order chi connectivity index (χ0) is 13.2. The van der Waals surface area contributed by atoms with Gasteiger partial charge in [0.1, 0.15) is 0 Å². The Kier molecular flexibility index (Phi) is 4.71. The molecule has 96 valence electrons. The second kappa shape index (κ2) is 5.48. The van der Waals surface area contributed by atoms with Gasteiger partial charge in [-0.15, -0.1) is 0 Å². The van der Waals surface area contributed by atoms with Gasteiger partial charge in [-0.25, -0.2) is 8.42 Å². The first kappa shape index (κ1) is 14.6. The fraction of sp³-hybridized carbons (Fsp3) is 0.455. The summed E-state index contributed by atoms with van der Waals surface area (Å²) < 4.78 is 26.3. The van der Waals surface area contributed by atoms with Crippen molar-refractivity contribution in [2.75, 3.05) is 13.7 Å². The van der Waals surface area contributed by atoms with E-state index in [1.54, 1.807) is 19.1 Å². The van der Waals surface area contributed by atoms with Gasteiger partial charge >= 0.3 is 0 Å². The monoisotopic (exact) mass is 321 g/mol. The Balaban J connectivity index is 3.27. The predicted octanol–water partition coefficient (Wildman–Crippen LogP) is 1.76. The molecule has 0 heterocycles. The quantitative estimate of drug-likeness (QED) is 0.919. The van der Waals surface area contributed by atoms with Crippen LogP contribution in [0.1, 0.15) is 12.5 Å². The van der Waals surface area contributed by atoms with Crippen LogP contribution in [0.25, 0.3) is 0 Å². The molecule has 1 rings (SSSR count). The summed E-state index contributed by atoms with van der Waals surface area (Å²) in [6.07, 6.45) is 0. The number of nitrogens with zero attached hydrogens (tertiary/aromatic N) is 1. The third-order valence-electron chi connectivity index (χ3n) is 2.70. The first-order valence-electron chi connectivity index (χ1n) is 5.16. The van der Waals surface area contributed by atoms with Crippen LogP contribution in [0, 0.1) is 6.92 Å². The molecule has 0 saturated carbocycles. The summed E-state index contributed by atoms with van der Waals surface area (Å²) in [5.41, 5.74) is 0.858. The molecule has 1 aromatic carbocycles. The number of halogens is 1. The number of hydrogen-bond donors (Lipinski definition) is 1. The fourth-order valence-electron chi connectivity index (χ4n) is 1.33. The number of hydrogen-bond acceptors (Lipinski definition) is 3. The number of likely N-dealkylation sites (N-methyl/N-ethyl adjacent to an activating group) is 1. The Morgan fingerprint density at radius 2 is 2.06 bits per heavy atom. The summed E-state index contributed by atoms with van der Waals surface area (Å²) in [5, 5.41) is 9.02. The van der Waals surface area contributed by atoms with E-state index in [1.165, 1.54) is 11.4 Å². The van der Waals surface area contributed by atoms with Crippen molar-refractivity contribution in [3.05, 3.63) is 28.2 Å². The van der Waals surface area contributed by atoms with E-state index in [9.17, 15) is 8.42 Å². The van der Waals surface area contributed by atoms with Crippen LogP contribution in [0.15, 0.2) is 27.6 Å². The van der Waals surface area contributed by atoms with Crippen molar-refractivity contribution >= 4 is 26.0 Å². The van der Waals surface area contributed by atoms with E-state index in [-0.39, 0.29) is 11.5 Å². The molecule has 0 saturated heterocycles. The van der Waals surface area contributed by atoms with Crippen molar-refractivity contribution in [3.8, 4) is 0 Å². The highest BCUT2D eigenvalue weighted by atomic mass is 79.9. The van der Waals surface area contributed by atoms with Crippen molar-refractivity contribution < 1.29 is 13.5 Å². The summed E-state index contributed by atoms with van der Waals surface area (Å²) >= 11 is 3.29. The van der Waals surface area contributed by atoms with Crippen molar-refractivity contribution in [2.45, 2.75) is 24.8 Å². The lowest BCUT2D eigenvalue weighted by atomic mass is 10.2. The van der Waals surface area contributed by atoms with Crippen LogP contribution in [0.3, 0.4) is 0 Å². The van der Waals surface area contributed by atoms with Crippen LogP contribution in [0.2, 0.25) is 0 Å². The zero-order valence-corrected chi connectivity index (χ0v) is 12.4. The summed E-state index contributed by atoms with van der Waals surface area (Å²) in [6, 6.07) is 4.63. The molecule has 0 aliphatic rings. The maximum atomic E-state index is 12.3. The zero-order valence-electron chi connectivity index (χ0n) is 10.0. The van der Waals surface area contributed by atoms with E-state index >= 15 is 0 Å². The molecule has 17 heavy (non-hydrogen) atoms. The van der Waals surface area contributed by atoms with Gasteiger partial charge in [0.15, 0.2) is 0 Å². The maximum absolute atomic E-state index is 12.3. The van der Waals surface area contributed by atoms with Crippen LogP contribution in [0.4, 0.5) is 0 Å². The van der Waals surface area contributed by atoms with Gasteiger partial charge in [0.05, 0.1) is 11.5 Å². The minimum absolute atomic E-state index is 0.209. The van der Waals surface area contributed by atoms with Gasteiger partial charge in [-0.3, -0.25) is 0 Å². The molecule has 1 N–H and O–H groups in total. The molecule has 0 radical (unpaired) electrons. The molecule has 0 aliphatic heterocycles. The summed E-state index contributed by atoms with van der Waals surface area (Å²) in [7, 11) is -2.11. The van der Waals surface area contributed by atoms with E-state index in [0.29, 0.717) is 4.47 Å². The molecule has 0 aromatic heterocycles. The highest BCUT2D eigenvalue weighted by Crippen LogP contribution is 2.27. The standard InChI is InChI=1S/C11H16BrNO3S/c1-8-5-4-6-10(11(8)12)17(15,16)13(3)9(2)7-14/h4-6,9,14H,7H2,1-3H3/t9-/m1/s1. The van der Waals surface area contributed by atoms with Crippen molar-refractivity contribution in [1.82, 2.24) is 4.31 Å². The van der Waals surface area contributed by atoms with E-state index < -0.39 is 16.1 Å². The van der Waals surface area contributed by atoms with Crippen LogP contribution >= 0.6 is 15.9 Å². The molecule has 0 bridgehead atoms. The largest absolute Gasteiger partial charge is 0.395 e. The molecule has 4 nitrogen and oxygen atoms in total. The highest BCUT2D eigenvalue weighted by Gasteiger charge is 2.27. The summed E-state index contributed by atoms with van der Waals surface area (Å²) in [6.45, 7) is 3.28. The second-order valence-corrected chi connectivity index (χ2v) is 6.70. The third kappa shape index (κ3) is 2.88. The molecule has 0 unspecified atom stereocenters. The lowest BCUT2D eigenvalue weighted by molar-refractivity contribution is 0.214. The fourth-order valence-corrected chi connectivity index (χ4v) is 3.69. The first-order chi connectivity index (χ1) is 7.82. The Hall–Kier alpha value is -0.430. The number of rotatable bonds is 4. The van der Waals surface area contributed by atoms with E-state index in [0.717, 1.165) is 5.56 Å². The Labute approximate surface area is 110 Å². The van der Waals surface area contributed by atoms with Gasteiger partial charge in [0.25, 0.3) is 0 Å². The van der Waals surface area contributed by atoms with Gasteiger partial charge < -0.3 is 5.11 Å². The van der Waals surface area contributed by atoms with Gasteiger partial charge in [-0.2, -0.15) is 4.31 Å². The third-order valence-corrected chi connectivity index (χ3v) is 6.03.